The molecule has 2 fully saturated rings. The van der Waals surface area contributed by atoms with Crippen LogP contribution in [0, 0.1) is 17.7 Å². The van der Waals surface area contributed by atoms with E-state index < -0.39 is 20.7 Å². The number of nitrogens with zero attached hydrogens (tertiary/aromatic N) is 2. The third kappa shape index (κ3) is 5.46. The van der Waals surface area contributed by atoms with Gasteiger partial charge in [-0.1, -0.05) is 23.7 Å². The van der Waals surface area contributed by atoms with Gasteiger partial charge in [-0.05, 0) is 67.5 Å². The number of aromatic nitrogens is 1. The molecule has 2 aliphatic rings. The van der Waals surface area contributed by atoms with E-state index in [0.717, 1.165) is 61.6 Å². The zero-order valence-corrected chi connectivity index (χ0v) is 22.2. The fourth-order valence-electron chi connectivity index (χ4n) is 5.34. The van der Waals surface area contributed by atoms with Crippen molar-refractivity contribution in [3.63, 3.8) is 0 Å². The molecule has 11 heteroatoms. The first-order chi connectivity index (χ1) is 17.3. The summed E-state index contributed by atoms with van der Waals surface area (Å²) in [6, 6.07) is 11.1. The maximum absolute atomic E-state index is 14.8. The van der Waals surface area contributed by atoms with Gasteiger partial charge in [0.15, 0.2) is 5.13 Å². The lowest BCUT2D eigenvalue weighted by Gasteiger charge is -2.21. The van der Waals surface area contributed by atoms with Crippen molar-refractivity contribution in [2.24, 2.45) is 11.8 Å². The first-order valence-electron chi connectivity index (χ1n) is 11.8. The Labute approximate surface area is 219 Å². The molecule has 192 valence electrons. The van der Waals surface area contributed by atoms with E-state index in [1.165, 1.54) is 11.8 Å². The Morgan fingerprint density at radius 2 is 2.08 bits per heavy atom. The van der Waals surface area contributed by atoms with E-state index in [1.807, 2.05) is 12.1 Å². The van der Waals surface area contributed by atoms with Crippen molar-refractivity contribution in [1.29, 1.82) is 0 Å². The van der Waals surface area contributed by atoms with Crippen molar-refractivity contribution < 1.29 is 17.5 Å². The van der Waals surface area contributed by atoms with Gasteiger partial charge in [0.2, 0.25) is 0 Å². The van der Waals surface area contributed by atoms with Crippen LogP contribution in [0.4, 0.5) is 15.2 Å². The van der Waals surface area contributed by atoms with Crippen molar-refractivity contribution in [2.45, 2.75) is 30.2 Å². The molecule has 2 N–H and O–H groups in total. The molecule has 3 heterocycles. The molecule has 0 bridgehead atoms. The Bertz CT molecular complexity index is 1310. The quantitative estimate of drug-likeness (QED) is 0.385. The van der Waals surface area contributed by atoms with Crippen molar-refractivity contribution in [2.75, 3.05) is 36.8 Å². The number of halogens is 2. The summed E-state index contributed by atoms with van der Waals surface area (Å²) in [5, 5.41) is 5.23. The fourth-order valence-corrected chi connectivity index (χ4v) is 7.51. The van der Waals surface area contributed by atoms with E-state index in [0.29, 0.717) is 30.1 Å². The summed E-state index contributed by atoms with van der Waals surface area (Å²) in [7, 11) is -2.46. The second-order valence-corrected chi connectivity index (χ2v) is 12.3. The number of ether oxygens (including phenoxy) is 1. The van der Waals surface area contributed by atoms with Gasteiger partial charge in [-0.15, -0.1) is 11.3 Å². The van der Waals surface area contributed by atoms with Gasteiger partial charge in [-0.2, -0.15) is 0 Å². The van der Waals surface area contributed by atoms with Gasteiger partial charge in [0.1, 0.15) is 16.5 Å². The normalized spacial score (nSPS) is 21.9. The van der Waals surface area contributed by atoms with E-state index in [2.05, 4.69) is 32.1 Å². The monoisotopic (exact) mass is 550 g/mol. The Kier molecular flexibility index (Phi) is 7.39. The first-order valence-corrected chi connectivity index (χ1v) is 14.6. The summed E-state index contributed by atoms with van der Waals surface area (Å²) in [4.78, 5) is 5.94. The van der Waals surface area contributed by atoms with Crippen LogP contribution in [0.1, 0.15) is 18.4 Å². The third-order valence-electron chi connectivity index (χ3n) is 7.07. The van der Waals surface area contributed by atoms with Crippen molar-refractivity contribution in [1.82, 2.24) is 9.88 Å². The highest BCUT2D eigenvalue weighted by Gasteiger charge is 2.41. The van der Waals surface area contributed by atoms with Crippen LogP contribution in [-0.2, 0) is 16.4 Å². The summed E-state index contributed by atoms with van der Waals surface area (Å²) in [6.45, 7) is 2.79. The number of benzene rings is 2. The third-order valence-corrected chi connectivity index (χ3v) is 9.56. The number of hydrogen-bond acceptors (Lipinski definition) is 7. The van der Waals surface area contributed by atoms with Crippen LogP contribution in [0.15, 0.2) is 52.9 Å². The smallest absolute Gasteiger partial charge is 0.266 e. The summed E-state index contributed by atoms with van der Waals surface area (Å²) in [6.07, 6.45) is 4.70. The number of thiazole rings is 1. The van der Waals surface area contributed by atoms with Crippen molar-refractivity contribution >= 4 is 43.8 Å². The van der Waals surface area contributed by atoms with Gasteiger partial charge in [0.05, 0.1) is 17.8 Å². The number of sulfonamides is 1. The maximum atomic E-state index is 14.8. The average molecular weight is 551 g/mol. The molecule has 0 amide bonds. The number of nitrogens with one attached hydrogen (secondary N) is 2. The molecular weight excluding hydrogens is 523 g/mol. The molecule has 2 saturated heterocycles. The number of fused-ring (bicyclic) bond motifs is 1. The molecule has 0 radical (unpaired) electrons. The van der Waals surface area contributed by atoms with Gasteiger partial charge in [0.25, 0.3) is 10.0 Å². The Balaban J connectivity index is 1.20. The molecule has 2 unspecified atom stereocenters. The molecule has 2 aliphatic heterocycles. The minimum absolute atomic E-state index is 0.162. The molecular formula is C25H28ClFN4O3S2. The Morgan fingerprint density at radius 1 is 1.28 bits per heavy atom. The second kappa shape index (κ2) is 10.5. The number of hydrogen-bond donors (Lipinski definition) is 2. The summed E-state index contributed by atoms with van der Waals surface area (Å²) >= 11 is 7.48. The van der Waals surface area contributed by atoms with Crippen LogP contribution in [0.3, 0.4) is 0 Å². The molecule has 0 spiro atoms. The van der Waals surface area contributed by atoms with Gasteiger partial charge in [-0.3, -0.25) is 9.62 Å². The zero-order chi connectivity index (χ0) is 25.3. The van der Waals surface area contributed by atoms with E-state index >= 15 is 0 Å². The number of anilines is 2. The van der Waals surface area contributed by atoms with Crippen molar-refractivity contribution in [3.8, 4) is 5.75 Å². The van der Waals surface area contributed by atoms with Gasteiger partial charge < -0.3 is 10.1 Å². The Hall–Kier alpha value is -2.40. The minimum atomic E-state index is -4.13. The van der Waals surface area contributed by atoms with E-state index in [9.17, 15) is 12.8 Å². The number of rotatable bonds is 9. The second-order valence-electron chi connectivity index (χ2n) is 9.35. The predicted molar refractivity (Wildman–Crippen MR) is 141 cm³/mol. The van der Waals surface area contributed by atoms with Gasteiger partial charge in [-0.25, -0.2) is 17.8 Å². The van der Waals surface area contributed by atoms with E-state index in [4.69, 9.17) is 16.3 Å². The molecule has 5 rings (SSSR count). The van der Waals surface area contributed by atoms with Crippen LogP contribution in [-0.4, -0.2) is 51.1 Å². The summed E-state index contributed by atoms with van der Waals surface area (Å²) < 4.78 is 47.5. The Morgan fingerprint density at radius 3 is 2.81 bits per heavy atom. The molecule has 0 saturated carbocycles. The minimum Gasteiger partial charge on any atom is -0.497 e. The lowest BCUT2D eigenvalue weighted by atomic mass is 9.91. The topological polar surface area (TPSA) is 83.6 Å². The molecule has 2 aromatic carbocycles. The predicted octanol–water partition coefficient (Wildman–Crippen LogP) is 5.11. The van der Waals surface area contributed by atoms with E-state index in [1.54, 1.807) is 12.5 Å². The van der Waals surface area contributed by atoms with E-state index in [-0.39, 0.29) is 10.2 Å². The van der Waals surface area contributed by atoms with Crippen LogP contribution >= 0.6 is 22.9 Å². The summed E-state index contributed by atoms with van der Waals surface area (Å²) in [5.74, 6) is 1.02. The lowest BCUT2D eigenvalue weighted by Crippen LogP contribution is -2.29. The molecule has 3 aromatic rings. The summed E-state index contributed by atoms with van der Waals surface area (Å²) in [5.41, 5.74) is 1.71. The maximum Gasteiger partial charge on any atom is 0.266 e. The van der Waals surface area contributed by atoms with Gasteiger partial charge >= 0.3 is 0 Å². The lowest BCUT2D eigenvalue weighted by molar-refractivity contribution is 0.293. The first kappa shape index (κ1) is 25.3. The molecule has 3 atom stereocenters. The highest BCUT2D eigenvalue weighted by atomic mass is 35.5. The molecule has 0 aliphatic carbocycles. The SMILES string of the molecule is COc1ccc(CC2CC3[C@H](CNc4cc(F)c(S(=O)(=O)Nc5nccs5)cc4Cl)CCN3C2)cc1. The standard InChI is InChI=1S/C25H28ClFN4O3S2/c1-34-19-4-2-16(3-5-19)10-17-11-23-18(6-8-31(23)15-17)14-29-22-13-21(27)24(12-20(22)26)36(32,33)30-25-28-7-9-35-25/h2-5,7,9,12-13,17-18,23,29H,6,8,10-11,14-15H2,1H3,(H,28,30)/t17?,18-,23?/m0/s1. The zero-order valence-electron chi connectivity index (χ0n) is 19.8. The van der Waals surface area contributed by atoms with Crippen LogP contribution in [0.5, 0.6) is 5.75 Å². The van der Waals surface area contributed by atoms with Crippen LogP contribution < -0.4 is 14.8 Å². The average Bonchev–Trinajstić information content (AvgIpc) is 3.58. The van der Waals surface area contributed by atoms with Crippen molar-refractivity contribution in [3.05, 3.63) is 64.4 Å². The number of methoxy groups -OCH3 is 1. The van der Waals surface area contributed by atoms with Gasteiger partial charge in [0, 0.05) is 30.7 Å². The highest BCUT2D eigenvalue weighted by molar-refractivity contribution is 7.93. The largest absolute Gasteiger partial charge is 0.497 e. The highest BCUT2D eigenvalue weighted by Crippen LogP contribution is 2.38. The van der Waals surface area contributed by atoms with Crippen LogP contribution in [0.2, 0.25) is 5.02 Å². The molecule has 7 nitrogen and oxygen atoms in total. The molecule has 36 heavy (non-hydrogen) atoms. The van der Waals surface area contributed by atoms with Crippen LogP contribution in [0.25, 0.3) is 0 Å². The fraction of sp³-hybridized carbons (Fsp3) is 0.400. The molecule has 1 aromatic heterocycles.